The second-order valence-corrected chi connectivity index (χ2v) is 4.72. The smallest absolute Gasteiger partial charge is 0.388 e. The molecule has 0 unspecified atom stereocenters. The Morgan fingerprint density at radius 3 is 1.39 bits per heavy atom. The lowest BCUT2D eigenvalue weighted by molar-refractivity contribution is 0.0666. The molecule has 23 heavy (non-hydrogen) atoms. The van der Waals surface area contributed by atoms with E-state index in [2.05, 4.69) is 8.37 Å². The Hall–Kier alpha value is -2.81. The van der Waals surface area contributed by atoms with Gasteiger partial charge in [-0.1, -0.05) is 0 Å². The predicted molar refractivity (Wildman–Crippen MR) is 75.8 cm³/mol. The number of carbonyl (C=O) groups excluding carboxylic acids is 4. The monoisotopic (exact) mass is 338 g/mol. The molecule has 8 nitrogen and oxygen atoms in total. The predicted octanol–water partition coefficient (Wildman–Crippen LogP) is 2.85. The zero-order chi connectivity index (χ0) is 17.0. The highest BCUT2D eigenvalue weighted by atomic mass is 32.2. The van der Waals surface area contributed by atoms with Crippen molar-refractivity contribution in [2.75, 3.05) is 0 Å². The van der Waals surface area contributed by atoms with Crippen molar-refractivity contribution in [3.63, 3.8) is 0 Å². The summed E-state index contributed by atoms with van der Waals surface area (Å²) in [5, 5.41) is 0. The van der Waals surface area contributed by atoms with E-state index in [1.165, 1.54) is 38.1 Å². The highest BCUT2D eigenvalue weighted by molar-refractivity contribution is 7.90. The molecule has 0 N–H and O–H groups in total. The van der Waals surface area contributed by atoms with Gasteiger partial charge in [-0.3, -0.25) is 9.59 Å². The largest absolute Gasteiger partial charge is 0.446 e. The molecule has 2 heterocycles. The highest BCUT2D eigenvalue weighted by Gasteiger charge is 2.19. The highest BCUT2D eigenvalue weighted by Crippen LogP contribution is 2.17. The van der Waals surface area contributed by atoms with Gasteiger partial charge in [0.2, 0.25) is 11.5 Å². The SMILES string of the molecule is CC(=O)c1ccc(C(=O)OSOC(=O)c2ccc(C(C)=O)o2)o1. The fraction of sp³-hybridized carbons (Fsp3) is 0.143. The molecule has 0 radical (unpaired) electrons. The lowest BCUT2D eigenvalue weighted by Crippen LogP contribution is -2.03. The van der Waals surface area contributed by atoms with Crippen LogP contribution in [0.1, 0.15) is 56.1 Å². The van der Waals surface area contributed by atoms with Crippen LogP contribution in [0.5, 0.6) is 0 Å². The molecule has 0 amide bonds. The molecule has 2 rings (SSSR count). The van der Waals surface area contributed by atoms with Crippen molar-refractivity contribution in [3.05, 3.63) is 47.3 Å². The Kier molecular flexibility index (Phi) is 5.02. The number of Topliss-reactive ketones (excluding diaryl/α,β-unsaturated/α-hetero) is 2. The average Bonchev–Trinajstić information content (AvgIpc) is 3.16. The summed E-state index contributed by atoms with van der Waals surface area (Å²) in [6.45, 7) is 2.56. The number of furan rings is 2. The van der Waals surface area contributed by atoms with Gasteiger partial charge in [0, 0.05) is 13.8 Å². The average molecular weight is 338 g/mol. The van der Waals surface area contributed by atoms with E-state index >= 15 is 0 Å². The van der Waals surface area contributed by atoms with Gasteiger partial charge >= 0.3 is 11.9 Å². The van der Waals surface area contributed by atoms with Gasteiger partial charge in [-0.2, -0.15) is 0 Å². The number of ketones is 2. The van der Waals surface area contributed by atoms with Gasteiger partial charge in [0.05, 0.1) is 0 Å². The van der Waals surface area contributed by atoms with E-state index in [-0.39, 0.29) is 46.9 Å². The van der Waals surface area contributed by atoms with Crippen LogP contribution in [0.4, 0.5) is 0 Å². The Labute approximate surface area is 134 Å². The van der Waals surface area contributed by atoms with Crippen LogP contribution in [-0.4, -0.2) is 23.5 Å². The number of rotatable bonds is 6. The maximum Gasteiger partial charge on any atom is 0.388 e. The first kappa shape index (κ1) is 16.6. The molecule has 0 aromatic carbocycles. The van der Waals surface area contributed by atoms with Crippen molar-refractivity contribution >= 4 is 35.8 Å². The molecule has 0 aliphatic rings. The maximum atomic E-state index is 11.6. The molecular formula is C14H10O8S. The van der Waals surface area contributed by atoms with Crippen LogP contribution >= 0.6 is 12.3 Å². The first-order valence-electron chi connectivity index (χ1n) is 6.20. The van der Waals surface area contributed by atoms with Gasteiger partial charge in [-0.25, -0.2) is 9.59 Å². The Morgan fingerprint density at radius 1 is 0.739 bits per heavy atom. The number of hydrogen-bond donors (Lipinski definition) is 0. The molecule has 0 fully saturated rings. The van der Waals surface area contributed by atoms with Crippen LogP contribution < -0.4 is 0 Å². The summed E-state index contributed by atoms with van der Waals surface area (Å²) in [6.07, 6.45) is 0. The summed E-state index contributed by atoms with van der Waals surface area (Å²) in [5.41, 5.74) is 0. The minimum atomic E-state index is -0.931. The van der Waals surface area contributed by atoms with Crippen LogP contribution in [0.3, 0.4) is 0 Å². The van der Waals surface area contributed by atoms with Crippen LogP contribution in [0.25, 0.3) is 0 Å². The van der Waals surface area contributed by atoms with E-state index in [0.717, 1.165) is 0 Å². The van der Waals surface area contributed by atoms with Gasteiger partial charge < -0.3 is 17.2 Å². The van der Waals surface area contributed by atoms with Gasteiger partial charge in [0.15, 0.2) is 23.1 Å². The fourth-order valence-electron chi connectivity index (χ4n) is 1.43. The van der Waals surface area contributed by atoms with Crippen molar-refractivity contribution in [1.82, 2.24) is 0 Å². The first-order chi connectivity index (χ1) is 10.9. The minimum Gasteiger partial charge on any atom is -0.446 e. The van der Waals surface area contributed by atoms with E-state index in [1.807, 2.05) is 0 Å². The third kappa shape index (κ3) is 4.10. The van der Waals surface area contributed by atoms with Crippen LogP contribution in [0.2, 0.25) is 0 Å². The summed E-state index contributed by atoms with van der Waals surface area (Å²) < 4.78 is 19.1. The standard InChI is InChI=1S/C14H10O8S/c1-7(15)9-3-5-11(19-9)13(17)21-23-22-14(18)12-6-4-10(20-12)8(2)16/h3-6H,1-2H3. The molecule has 120 valence electrons. The van der Waals surface area contributed by atoms with Crippen molar-refractivity contribution < 1.29 is 36.4 Å². The number of carbonyl (C=O) groups is 4. The second-order valence-electron chi connectivity index (χ2n) is 4.25. The Morgan fingerprint density at radius 2 is 1.09 bits per heavy atom. The van der Waals surface area contributed by atoms with Crippen molar-refractivity contribution in [2.24, 2.45) is 0 Å². The van der Waals surface area contributed by atoms with Crippen molar-refractivity contribution in [1.29, 1.82) is 0 Å². The molecule has 2 aromatic rings. The summed E-state index contributed by atoms with van der Waals surface area (Å²) >= 11 is 0.106. The van der Waals surface area contributed by atoms with Crippen LogP contribution in [-0.2, 0) is 8.37 Å². The summed E-state index contributed by atoms with van der Waals surface area (Å²) in [5.74, 6) is -2.97. The molecule has 0 spiro atoms. The van der Waals surface area contributed by atoms with E-state index in [0.29, 0.717) is 0 Å². The molecule has 0 atom stereocenters. The van der Waals surface area contributed by atoms with Crippen molar-refractivity contribution in [2.45, 2.75) is 13.8 Å². The minimum absolute atomic E-state index is 0.00583. The zero-order valence-corrected chi connectivity index (χ0v) is 12.8. The van der Waals surface area contributed by atoms with E-state index in [9.17, 15) is 19.2 Å². The Bertz CT molecular complexity index is 705. The summed E-state index contributed by atoms with van der Waals surface area (Å²) in [4.78, 5) is 45.2. The summed E-state index contributed by atoms with van der Waals surface area (Å²) in [6, 6.07) is 5.16. The third-order valence-electron chi connectivity index (χ3n) is 2.53. The molecule has 9 heteroatoms. The Balaban J connectivity index is 1.85. The maximum absolute atomic E-state index is 11.6. The topological polar surface area (TPSA) is 113 Å². The molecule has 0 saturated heterocycles. The molecule has 0 saturated carbocycles. The quantitative estimate of drug-likeness (QED) is 0.579. The molecule has 0 bridgehead atoms. The summed E-state index contributed by atoms with van der Waals surface area (Å²) in [7, 11) is 0. The zero-order valence-electron chi connectivity index (χ0n) is 12.0. The normalized spacial score (nSPS) is 10.2. The first-order valence-corrected chi connectivity index (χ1v) is 6.86. The van der Waals surface area contributed by atoms with Gasteiger partial charge in [-0.15, -0.1) is 0 Å². The number of hydrogen-bond acceptors (Lipinski definition) is 9. The van der Waals surface area contributed by atoms with Gasteiger partial charge in [0.1, 0.15) is 0 Å². The van der Waals surface area contributed by atoms with Crippen LogP contribution in [0.15, 0.2) is 33.1 Å². The fourth-order valence-corrected chi connectivity index (χ4v) is 1.76. The molecule has 0 aliphatic heterocycles. The molecule has 2 aromatic heterocycles. The van der Waals surface area contributed by atoms with Crippen molar-refractivity contribution in [3.8, 4) is 0 Å². The van der Waals surface area contributed by atoms with Gasteiger partial charge in [-0.05, 0) is 24.3 Å². The van der Waals surface area contributed by atoms with Crippen LogP contribution in [0, 0.1) is 0 Å². The van der Waals surface area contributed by atoms with E-state index in [1.54, 1.807) is 0 Å². The third-order valence-corrected chi connectivity index (χ3v) is 2.97. The second kappa shape index (κ2) is 6.97. The lowest BCUT2D eigenvalue weighted by Gasteiger charge is -1.99. The van der Waals surface area contributed by atoms with E-state index in [4.69, 9.17) is 8.83 Å². The molecular weight excluding hydrogens is 328 g/mol. The van der Waals surface area contributed by atoms with Gasteiger partial charge in [0.25, 0.3) is 12.3 Å². The lowest BCUT2D eigenvalue weighted by atomic mass is 10.3. The van der Waals surface area contributed by atoms with E-state index < -0.39 is 11.9 Å². The molecule has 0 aliphatic carbocycles.